The fourth-order valence-electron chi connectivity index (χ4n) is 3.51. The highest BCUT2D eigenvalue weighted by Crippen LogP contribution is 2.44. The first-order chi connectivity index (χ1) is 11.9. The van der Waals surface area contributed by atoms with Crippen LogP contribution in [0.25, 0.3) is 0 Å². The molecular weight excluding hydrogens is 361 g/mol. The number of nitrogens with one attached hydrogen (secondary N) is 1. The normalized spacial score (nSPS) is 20.3. The van der Waals surface area contributed by atoms with E-state index in [1.807, 2.05) is 6.92 Å². The van der Waals surface area contributed by atoms with Crippen molar-refractivity contribution in [3.63, 3.8) is 0 Å². The molecule has 0 fully saturated rings. The van der Waals surface area contributed by atoms with Crippen LogP contribution in [0.2, 0.25) is 10.0 Å². The van der Waals surface area contributed by atoms with Crippen LogP contribution in [-0.4, -0.2) is 18.4 Å². The molecule has 0 spiro atoms. The van der Waals surface area contributed by atoms with Gasteiger partial charge in [0.05, 0.1) is 12.2 Å². The number of carbonyl (C=O) groups is 2. The summed E-state index contributed by atoms with van der Waals surface area (Å²) in [6, 6.07) is 5.13. The van der Waals surface area contributed by atoms with E-state index in [1.54, 1.807) is 25.1 Å². The summed E-state index contributed by atoms with van der Waals surface area (Å²) in [6.45, 7) is 3.84. The van der Waals surface area contributed by atoms with E-state index in [-0.39, 0.29) is 12.4 Å². The maximum Gasteiger partial charge on any atom is 0.336 e. The molecule has 0 saturated heterocycles. The molecule has 0 bridgehead atoms. The molecule has 0 amide bonds. The smallest absolute Gasteiger partial charge is 0.336 e. The van der Waals surface area contributed by atoms with Crippen molar-refractivity contribution < 1.29 is 14.3 Å². The molecule has 0 radical (unpaired) electrons. The maximum absolute atomic E-state index is 12.7. The molecular formula is C19H19Cl2NO3. The Balaban J connectivity index is 2.20. The minimum absolute atomic E-state index is 0.0408. The first-order valence-corrected chi connectivity index (χ1v) is 9.05. The van der Waals surface area contributed by atoms with E-state index in [4.69, 9.17) is 27.9 Å². The van der Waals surface area contributed by atoms with Crippen molar-refractivity contribution in [3.8, 4) is 0 Å². The van der Waals surface area contributed by atoms with Crippen LogP contribution in [0.4, 0.5) is 0 Å². The van der Waals surface area contributed by atoms with Crippen LogP contribution in [0.15, 0.2) is 40.7 Å². The molecule has 0 aromatic heterocycles. The molecule has 1 aliphatic heterocycles. The number of dihydropyridines is 1. The Labute approximate surface area is 156 Å². The van der Waals surface area contributed by atoms with E-state index in [0.717, 1.165) is 18.5 Å². The van der Waals surface area contributed by atoms with Gasteiger partial charge in [0.15, 0.2) is 5.78 Å². The van der Waals surface area contributed by atoms with Crippen molar-refractivity contribution in [1.29, 1.82) is 0 Å². The number of hydrogen-bond donors (Lipinski definition) is 1. The van der Waals surface area contributed by atoms with Crippen LogP contribution >= 0.6 is 23.2 Å². The monoisotopic (exact) mass is 379 g/mol. The lowest BCUT2D eigenvalue weighted by Crippen LogP contribution is -2.34. The summed E-state index contributed by atoms with van der Waals surface area (Å²) in [5.74, 6) is -0.930. The zero-order chi connectivity index (χ0) is 18.1. The lowest BCUT2D eigenvalue weighted by molar-refractivity contribution is -0.138. The van der Waals surface area contributed by atoms with Crippen LogP contribution < -0.4 is 5.32 Å². The highest BCUT2D eigenvalue weighted by molar-refractivity contribution is 6.35. The fourth-order valence-corrected chi connectivity index (χ4v) is 4.03. The van der Waals surface area contributed by atoms with Gasteiger partial charge in [-0.2, -0.15) is 0 Å². The van der Waals surface area contributed by atoms with Gasteiger partial charge in [-0.1, -0.05) is 29.3 Å². The lowest BCUT2D eigenvalue weighted by atomic mass is 9.75. The molecule has 1 aromatic rings. The SMILES string of the molecule is CCOC(=O)C1=C(C)NC2=C(C(=O)CCC2)[C@H]1c1ccc(Cl)cc1Cl. The third-order valence-corrected chi connectivity index (χ3v) is 5.11. The second-order valence-corrected chi connectivity index (χ2v) is 7.00. The highest BCUT2D eigenvalue weighted by atomic mass is 35.5. The minimum atomic E-state index is -0.534. The van der Waals surface area contributed by atoms with Gasteiger partial charge in [0.1, 0.15) is 0 Å². The molecule has 6 heteroatoms. The van der Waals surface area contributed by atoms with Crippen molar-refractivity contribution in [3.05, 3.63) is 56.3 Å². The number of halogens is 2. The molecule has 4 nitrogen and oxygen atoms in total. The summed E-state index contributed by atoms with van der Waals surface area (Å²) in [5, 5.41) is 4.17. The topological polar surface area (TPSA) is 55.4 Å². The number of hydrogen-bond acceptors (Lipinski definition) is 4. The summed E-state index contributed by atoms with van der Waals surface area (Å²) < 4.78 is 5.24. The zero-order valence-electron chi connectivity index (χ0n) is 14.1. The molecule has 1 heterocycles. The van der Waals surface area contributed by atoms with Crippen molar-refractivity contribution in [2.75, 3.05) is 6.61 Å². The summed E-state index contributed by atoms with van der Waals surface area (Å²) in [4.78, 5) is 25.3. The number of rotatable bonds is 3. The molecule has 2 aliphatic rings. The van der Waals surface area contributed by atoms with Gasteiger partial charge in [0.2, 0.25) is 0 Å². The second-order valence-electron chi connectivity index (χ2n) is 6.15. The maximum atomic E-state index is 12.7. The first kappa shape index (κ1) is 18.0. The average Bonchev–Trinajstić information content (AvgIpc) is 2.54. The van der Waals surface area contributed by atoms with E-state index in [1.165, 1.54) is 0 Å². The molecule has 1 aromatic carbocycles. The second kappa shape index (κ2) is 7.22. The molecule has 1 atom stereocenters. The van der Waals surface area contributed by atoms with Crippen LogP contribution in [0.5, 0.6) is 0 Å². The quantitative estimate of drug-likeness (QED) is 0.784. The standard InChI is InChI=1S/C19H19Cl2NO3/c1-3-25-19(24)16-10(2)22-14-5-4-6-15(23)18(14)17(16)12-8-7-11(20)9-13(12)21/h7-9,17,22H,3-6H2,1-2H3/t17-/m0/s1. The molecule has 0 saturated carbocycles. The van der Waals surface area contributed by atoms with Crippen molar-refractivity contribution in [1.82, 2.24) is 5.32 Å². The van der Waals surface area contributed by atoms with E-state index < -0.39 is 11.9 Å². The third-order valence-electron chi connectivity index (χ3n) is 4.54. The van der Waals surface area contributed by atoms with E-state index in [9.17, 15) is 9.59 Å². The van der Waals surface area contributed by atoms with Crippen molar-refractivity contribution in [2.45, 2.75) is 39.0 Å². The fraction of sp³-hybridized carbons (Fsp3) is 0.368. The zero-order valence-corrected chi connectivity index (χ0v) is 15.6. The summed E-state index contributed by atoms with van der Waals surface area (Å²) in [7, 11) is 0. The Morgan fingerprint density at radius 2 is 2.08 bits per heavy atom. The number of esters is 1. The number of allylic oxidation sites excluding steroid dienone is 3. The van der Waals surface area contributed by atoms with Crippen molar-refractivity contribution in [2.24, 2.45) is 0 Å². The predicted octanol–water partition coefficient (Wildman–Crippen LogP) is 4.52. The third kappa shape index (κ3) is 3.33. The summed E-state index contributed by atoms with van der Waals surface area (Å²) in [5.41, 5.74) is 3.31. The first-order valence-electron chi connectivity index (χ1n) is 8.30. The van der Waals surface area contributed by atoms with Crippen molar-refractivity contribution >= 4 is 35.0 Å². The van der Waals surface area contributed by atoms with Gasteiger partial charge in [-0.25, -0.2) is 4.79 Å². The van der Waals surface area contributed by atoms with E-state index >= 15 is 0 Å². The van der Waals surface area contributed by atoms with Gasteiger partial charge in [-0.3, -0.25) is 4.79 Å². The predicted molar refractivity (Wildman–Crippen MR) is 97.6 cm³/mol. The number of Topliss-reactive ketones (excluding diaryl/α,β-unsaturated/α-hetero) is 1. The lowest BCUT2D eigenvalue weighted by Gasteiger charge is -2.34. The molecule has 3 rings (SSSR count). The van der Waals surface area contributed by atoms with Gasteiger partial charge < -0.3 is 10.1 Å². The number of benzene rings is 1. The number of carbonyl (C=O) groups excluding carboxylic acids is 2. The number of ketones is 1. The van der Waals surface area contributed by atoms with Crippen LogP contribution in [-0.2, 0) is 14.3 Å². The molecule has 1 N–H and O–H groups in total. The van der Waals surface area contributed by atoms with Gasteiger partial charge >= 0.3 is 5.97 Å². The molecule has 1 aliphatic carbocycles. The summed E-state index contributed by atoms with van der Waals surface area (Å²) >= 11 is 12.4. The average molecular weight is 380 g/mol. The highest BCUT2D eigenvalue weighted by Gasteiger charge is 2.39. The van der Waals surface area contributed by atoms with Crippen LogP contribution in [0, 0.1) is 0 Å². The van der Waals surface area contributed by atoms with E-state index in [0.29, 0.717) is 38.9 Å². The Kier molecular flexibility index (Phi) is 5.21. The van der Waals surface area contributed by atoms with Crippen LogP contribution in [0.1, 0.15) is 44.6 Å². The molecule has 0 unspecified atom stereocenters. The Hall–Kier alpha value is -1.78. The Bertz CT molecular complexity index is 811. The molecule has 25 heavy (non-hydrogen) atoms. The molecule has 132 valence electrons. The van der Waals surface area contributed by atoms with Crippen LogP contribution in [0.3, 0.4) is 0 Å². The summed E-state index contributed by atoms with van der Waals surface area (Å²) in [6.07, 6.45) is 2.04. The van der Waals surface area contributed by atoms with E-state index in [2.05, 4.69) is 5.32 Å². The van der Waals surface area contributed by atoms with Gasteiger partial charge in [-0.05, 0) is 44.4 Å². The van der Waals surface area contributed by atoms with Gasteiger partial charge in [0.25, 0.3) is 0 Å². The largest absolute Gasteiger partial charge is 0.463 e. The van der Waals surface area contributed by atoms with Gasteiger partial charge in [-0.15, -0.1) is 0 Å². The Morgan fingerprint density at radius 3 is 2.76 bits per heavy atom. The number of ether oxygens (including phenoxy) is 1. The minimum Gasteiger partial charge on any atom is -0.463 e. The van der Waals surface area contributed by atoms with Gasteiger partial charge in [0, 0.05) is 39.4 Å². The Morgan fingerprint density at radius 1 is 1.32 bits per heavy atom.